The number of rotatable bonds is 11. The number of carbonyl (C=O) groups excluding carboxylic acids is 4. The van der Waals surface area contributed by atoms with Crippen LogP contribution in [0.15, 0.2) is 30.3 Å². The van der Waals surface area contributed by atoms with Gasteiger partial charge in [0.2, 0.25) is 17.5 Å². The topological polar surface area (TPSA) is 92.8 Å². The Hall–Kier alpha value is -2.84. The maximum Gasteiger partial charge on any atom is 0.410 e. The van der Waals surface area contributed by atoms with Crippen molar-refractivity contribution in [3.05, 3.63) is 35.9 Å². The predicted molar refractivity (Wildman–Crippen MR) is 118 cm³/mol. The van der Waals surface area contributed by atoms with Gasteiger partial charge < -0.3 is 10.1 Å². The SMILES string of the molecule is CCCCC(=O)C(F)(F)C(=O)C(NC(=O)C1CCCN1C(=O)OCc1ccccc1)C(C)C. The molecule has 0 spiro atoms. The maximum absolute atomic E-state index is 14.5. The van der Waals surface area contributed by atoms with Gasteiger partial charge in [0.15, 0.2) is 0 Å². The zero-order valence-corrected chi connectivity index (χ0v) is 19.3. The molecule has 0 bridgehead atoms. The van der Waals surface area contributed by atoms with Crippen molar-refractivity contribution in [3.63, 3.8) is 0 Å². The fourth-order valence-electron chi connectivity index (χ4n) is 3.67. The van der Waals surface area contributed by atoms with Gasteiger partial charge in [-0.25, -0.2) is 4.79 Å². The molecule has 0 radical (unpaired) electrons. The van der Waals surface area contributed by atoms with E-state index in [0.717, 1.165) is 5.56 Å². The monoisotopic (exact) mass is 466 g/mol. The third-order valence-corrected chi connectivity index (χ3v) is 5.66. The van der Waals surface area contributed by atoms with Gasteiger partial charge in [0.05, 0.1) is 6.04 Å². The summed E-state index contributed by atoms with van der Waals surface area (Å²) in [4.78, 5) is 51.1. The number of ketones is 2. The number of ether oxygens (including phenoxy) is 1. The zero-order valence-electron chi connectivity index (χ0n) is 19.3. The number of halogens is 2. The van der Waals surface area contributed by atoms with Crippen LogP contribution in [0.2, 0.25) is 0 Å². The molecule has 1 aliphatic rings. The van der Waals surface area contributed by atoms with E-state index in [-0.39, 0.29) is 19.6 Å². The second-order valence-corrected chi connectivity index (χ2v) is 8.59. The molecule has 1 fully saturated rings. The van der Waals surface area contributed by atoms with E-state index in [0.29, 0.717) is 19.3 Å². The van der Waals surface area contributed by atoms with Crippen LogP contribution >= 0.6 is 0 Å². The predicted octanol–water partition coefficient (Wildman–Crippen LogP) is 3.89. The van der Waals surface area contributed by atoms with Gasteiger partial charge in [-0.15, -0.1) is 0 Å². The van der Waals surface area contributed by atoms with E-state index in [4.69, 9.17) is 4.74 Å². The van der Waals surface area contributed by atoms with Crippen LogP contribution in [0.5, 0.6) is 0 Å². The molecule has 0 saturated carbocycles. The van der Waals surface area contributed by atoms with Gasteiger partial charge in [-0.2, -0.15) is 8.78 Å². The van der Waals surface area contributed by atoms with Crippen LogP contribution in [0.25, 0.3) is 0 Å². The van der Waals surface area contributed by atoms with Crippen LogP contribution in [0.1, 0.15) is 58.4 Å². The zero-order chi connectivity index (χ0) is 24.6. The summed E-state index contributed by atoms with van der Waals surface area (Å²) in [6.07, 6.45) is 0.545. The highest BCUT2D eigenvalue weighted by atomic mass is 19.3. The molecule has 182 valence electrons. The molecule has 0 aromatic heterocycles. The Kier molecular flexibility index (Phi) is 9.49. The highest BCUT2D eigenvalue weighted by Crippen LogP contribution is 2.25. The van der Waals surface area contributed by atoms with Crippen molar-refractivity contribution in [2.75, 3.05) is 6.54 Å². The largest absolute Gasteiger partial charge is 0.445 e. The lowest BCUT2D eigenvalue weighted by Crippen LogP contribution is -2.57. The number of nitrogens with zero attached hydrogens (tertiary/aromatic N) is 1. The number of amides is 2. The summed E-state index contributed by atoms with van der Waals surface area (Å²) in [5, 5.41) is 2.36. The van der Waals surface area contributed by atoms with Gasteiger partial charge in [-0.1, -0.05) is 57.5 Å². The molecular weight excluding hydrogens is 434 g/mol. The van der Waals surface area contributed by atoms with E-state index in [9.17, 15) is 28.0 Å². The molecule has 2 unspecified atom stereocenters. The minimum Gasteiger partial charge on any atom is -0.445 e. The Bertz CT molecular complexity index is 845. The molecule has 1 aromatic rings. The molecule has 1 heterocycles. The lowest BCUT2D eigenvalue weighted by atomic mass is 9.92. The van der Waals surface area contributed by atoms with Gasteiger partial charge in [0, 0.05) is 13.0 Å². The number of Topliss-reactive ketones (excluding diaryl/α,β-unsaturated/α-hetero) is 2. The average Bonchev–Trinajstić information content (AvgIpc) is 3.29. The maximum atomic E-state index is 14.5. The van der Waals surface area contributed by atoms with Gasteiger partial charge in [-0.05, 0) is 30.7 Å². The number of benzene rings is 1. The Morgan fingerprint density at radius 1 is 1.18 bits per heavy atom. The first-order valence-electron chi connectivity index (χ1n) is 11.3. The molecule has 9 heteroatoms. The third-order valence-electron chi connectivity index (χ3n) is 5.66. The minimum absolute atomic E-state index is 0.0315. The van der Waals surface area contributed by atoms with Crippen molar-refractivity contribution >= 4 is 23.6 Å². The molecule has 1 saturated heterocycles. The Morgan fingerprint density at radius 2 is 1.85 bits per heavy atom. The summed E-state index contributed by atoms with van der Waals surface area (Å²) in [5.74, 6) is -8.63. The lowest BCUT2D eigenvalue weighted by Gasteiger charge is -2.28. The number of unbranched alkanes of at least 4 members (excludes halogenated alkanes) is 1. The number of nitrogens with one attached hydrogen (secondary N) is 1. The lowest BCUT2D eigenvalue weighted by molar-refractivity contribution is -0.159. The molecule has 2 amide bonds. The van der Waals surface area contributed by atoms with Crippen LogP contribution < -0.4 is 5.32 Å². The molecule has 33 heavy (non-hydrogen) atoms. The van der Waals surface area contributed by atoms with Crippen LogP contribution in [0.4, 0.5) is 13.6 Å². The van der Waals surface area contributed by atoms with Crippen molar-refractivity contribution in [1.82, 2.24) is 10.2 Å². The molecule has 1 N–H and O–H groups in total. The number of likely N-dealkylation sites (tertiary alicyclic amines) is 1. The van der Waals surface area contributed by atoms with Crippen LogP contribution in [0.3, 0.4) is 0 Å². The Labute approximate surface area is 192 Å². The first-order chi connectivity index (χ1) is 15.6. The van der Waals surface area contributed by atoms with Crippen molar-refractivity contribution in [2.24, 2.45) is 5.92 Å². The van der Waals surface area contributed by atoms with Gasteiger partial charge in [0.25, 0.3) is 0 Å². The van der Waals surface area contributed by atoms with E-state index < -0.39 is 53.9 Å². The molecule has 2 rings (SSSR count). The molecular formula is C24H32F2N2O5. The van der Waals surface area contributed by atoms with E-state index in [1.807, 2.05) is 6.07 Å². The minimum atomic E-state index is -4.18. The second kappa shape index (κ2) is 11.9. The van der Waals surface area contributed by atoms with Crippen molar-refractivity contribution in [1.29, 1.82) is 0 Å². The van der Waals surface area contributed by atoms with Crippen LogP contribution in [-0.4, -0.2) is 53.0 Å². The first kappa shape index (κ1) is 26.4. The second-order valence-electron chi connectivity index (χ2n) is 8.59. The average molecular weight is 467 g/mol. The summed E-state index contributed by atoms with van der Waals surface area (Å²) in [6.45, 7) is 5.08. The van der Waals surface area contributed by atoms with E-state index >= 15 is 0 Å². The summed E-state index contributed by atoms with van der Waals surface area (Å²) in [5.41, 5.74) is 0.784. The quantitative estimate of drug-likeness (QED) is 0.500. The summed E-state index contributed by atoms with van der Waals surface area (Å²) in [7, 11) is 0. The molecule has 0 aliphatic carbocycles. The molecule has 1 aliphatic heterocycles. The summed E-state index contributed by atoms with van der Waals surface area (Å²) < 4.78 is 34.3. The van der Waals surface area contributed by atoms with Crippen molar-refractivity contribution < 1.29 is 32.7 Å². The first-order valence-corrected chi connectivity index (χ1v) is 11.3. The number of hydrogen-bond donors (Lipinski definition) is 1. The fourth-order valence-corrected chi connectivity index (χ4v) is 3.67. The standard InChI is InChI=1S/C24H32F2N2O5/c1-4-5-13-19(29)24(25,26)21(30)20(16(2)3)27-22(31)18-12-9-14-28(18)23(32)33-15-17-10-7-6-8-11-17/h6-8,10-11,16,18,20H,4-5,9,12-15H2,1-3H3,(H,27,31). The number of carbonyl (C=O) groups is 4. The number of alkyl halides is 2. The highest BCUT2D eigenvalue weighted by molar-refractivity contribution is 6.11. The van der Waals surface area contributed by atoms with Crippen LogP contribution in [0, 0.1) is 5.92 Å². The highest BCUT2D eigenvalue weighted by Gasteiger charge is 2.50. The van der Waals surface area contributed by atoms with Gasteiger partial charge in [-0.3, -0.25) is 19.3 Å². The normalized spacial score (nSPS) is 17.0. The Balaban J connectivity index is 2.05. The van der Waals surface area contributed by atoms with E-state index in [2.05, 4.69) is 5.32 Å². The van der Waals surface area contributed by atoms with E-state index in [1.165, 1.54) is 18.7 Å². The smallest absolute Gasteiger partial charge is 0.410 e. The van der Waals surface area contributed by atoms with Crippen molar-refractivity contribution in [3.8, 4) is 0 Å². The summed E-state index contributed by atoms with van der Waals surface area (Å²) in [6, 6.07) is 6.54. The van der Waals surface area contributed by atoms with Crippen LogP contribution in [-0.2, 0) is 25.7 Å². The molecule has 7 nitrogen and oxygen atoms in total. The number of hydrogen-bond acceptors (Lipinski definition) is 5. The van der Waals surface area contributed by atoms with Crippen molar-refractivity contribution in [2.45, 2.75) is 77.5 Å². The van der Waals surface area contributed by atoms with Gasteiger partial charge >= 0.3 is 12.0 Å². The summed E-state index contributed by atoms with van der Waals surface area (Å²) >= 11 is 0. The molecule has 2 atom stereocenters. The van der Waals surface area contributed by atoms with E-state index in [1.54, 1.807) is 31.2 Å². The van der Waals surface area contributed by atoms with Gasteiger partial charge in [0.1, 0.15) is 12.6 Å². The Morgan fingerprint density at radius 3 is 2.45 bits per heavy atom. The molecule has 1 aromatic carbocycles. The fraction of sp³-hybridized carbons (Fsp3) is 0.583. The third kappa shape index (κ3) is 6.82.